The summed E-state index contributed by atoms with van der Waals surface area (Å²) in [5.74, 6) is 0. The van der Waals surface area contributed by atoms with Crippen LogP contribution >= 0.6 is 27.3 Å². The van der Waals surface area contributed by atoms with Crippen molar-refractivity contribution in [3.63, 3.8) is 0 Å². The lowest BCUT2D eigenvalue weighted by Gasteiger charge is -2.23. The second-order valence-corrected chi connectivity index (χ2v) is 5.76. The molecule has 0 fully saturated rings. The smallest absolute Gasteiger partial charge is 0.0334 e. The molecule has 1 aliphatic carbocycles. The van der Waals surface area contributed by atoms with Crippen molar-refractivity contribution in [2.24, 2.45) is 0 Å². The molecular weight excluding hydrogens is 258 g/mol. The minimum Gasteiger partial charge on any atom is -0.305 e. The Hall–Kier alpha value is -0.120. The van der Waals surface area contributed by atoms with E-state index in [1.807, 2.05) is 11.3 Å². The summed E-state index contributed by atoms with van der Waals surface area (Å²) < 4.78 is 1.03. The normalized spacial score (nSPS) is 20.5. The zero-order chi connectivity index (χ0) is 9.97. The van der Waals surface area contributed by atoms with Crippen LogP contribution in [0.1, 0.15) is 29.3 Å². The van der Waals surface area contributed by atoms with E-state index < -0.39 is 0 Å². The van der Waals surface area contributed by atoms with Crippen LogP contribution in [0.3, 0.4) is 0 Å². The summed E-state index contributed by atoms with van der Waals surface area (Å²) >= 11 is 5.27. The maximum absolute atomic E-state index is 3.84. The molecule has 1 aromatic rings. The highest BCUT2D eigenvalue weighted by Gasteiger charge is 2.20. The standard InChI is InChI=1S/C11H14BrNS/c1-8(12)7-13-10-3-2-4-11-9(10)5-6-14-11/h5-6,10,13H,1-4,7H2. The van der Waals surface area contributed by atoms with Crippen molar-refractivity contribution < 1.29 is 0 Å². The summed E-state index contributed by atoms with van der Waals surface area (Å²) in [7, 11) is 0. The molecule has 1 heterocycles. The first-order valence-corrected chi connectivity index (χ1v) is 6.57. The summed E-state index contributed by atoms with van der Waals surface area (Å²) in [6.07, 6.45) is 3.82. The maximum atomic E-state index is 3.84. The van der Waals surface area contributed by atoms with Gasteiger partial charge in [-0.15, -0.1) is 11.3 Å². The van der Waals surface area contributed by atoms with Crippen LogP contribution in [0.4, 0.5) is 0 Å². The molecule has 14 heavy (non-hydrogen) atoms. The van der Waals surface area contributed by atoms with Crippen LogP contribution in [0.5, 0.6) is 0 Å². The highest BCUT2D eigenvalue weighted by molar-refractivity contribution is 9.11. The number of hydrogen-bond donors (Lipinski definition) is 1. The zero-order valence-electron chi connectivity index (χ0n) is 8.05. The molecule has 0 saturated carbocycles. The lowest BCUT2D eigenvalue weighted by atomic mass is 9.94. The highest BCUT2D eigenvalue weighted by Crippen LogP contribution is 2.33. The van der Waals surface area contributed by atoms with Crippen LogP contribution in [0.2, 0.25) is 0 Å². The Bertz CT molecular complexity index is 332. The van der Waals surface area contributed by atoms with E-state index >= 15 is 0 Å². The second kappa shape index (κ2) is 4.60. The van der Waals surface area contributed by atoms with Crippen LogP contribution in [0.25, 0.3) is 0 Å². The Morgan fingerprint density at radius 1 is 1.71 bits per heavy atom. The number of hydrogen-bond acceptors (Lipinski definition) is 2. The SMILES string of the molecule is C=C(Br)CNC1CCCc2sccc21. The van der Waals surface area contributed by atoms with E-state index in [2.05, 4.69) is 39.3 Å². The fourth-order valence-electron chi connectivity index (χ4n) is 1.93. The van der Waals surface area contributed by atoms with E-state index in [4.69, 9.17) is 0 Å². The van der Waals surface area contributed by atoms with Gasteiger partial charge in [0.25, 0.3) is 0 Å². The van der Waals surface area contributed by atoms with Crippen LogP contribution in [-0.2, 0) is 6.42 Å². The maximum Gasteiger partial charge on any atom is 0.0334 e. The van der Waals surface area contributed by atoms with Gasteiger partial charge in [-0.1, -0.05) is 22.5 Å². The number of fused-ring (bicyclic) bond motifs is 1. The highest BCUT2D eigenvalue weighted by atomic mass is 79.9. The van der Waals surface area contributed by atoms with Crippen molar-refractivity contribution in [1.82, 2.24) is 5.32 Å². The third-order valence-electron chi connectivity index (χ3n) is 2.59. The molecule has 0 saturated heterocycles. The molecule has 0 aliphatic heterocycles. The third kappa shape index (κ3) is 2.27. The molecule has 2 rings (SSSR count). The van der Waals surface area contributed by atoms with Crippen molar-refractivity contribution in [2.45, 2.75) is 25.3 Å². The van der Waals surface area contributed by atoms with Gasteiger partial charge in [-0.3, -0.25) is 0 Å². The van der Waals surface area contributed by atoms with Gasteiger partial charge < -0.3 is 5.32 Å². The Morgan fingerprint density at radius 3 is 3.36 bits per heavy atom. The van der Waals surface area contributed by atoms with Gasteiger partial charge >= 0.3 is 0 Å². The number of nitrogens with one attached hydrogen (secondary N) is 1. The molecule has 0 spiro atoms. The molecule has 0 radical (unpaired) electrons. The first-order valence-electron chi connectivity index (χ1n) is 4.90. The average molecular weight is 272 g/mol. The summed E-state index contributed by atoms with van der Waals surface area (Å²) in [6, 6.07) is 2.80. The number of thiophene rings is 1. The quantitative estimate of drug-likeness (QED) is 0.886. The topological polar surface area (TPSA) is 12.0 Å². The number of halogens is 1. The Morgan fingerprint density at radius 2 is 2.57 bits per heavy atom. The summed E-state index contributed by atoms with van der Waals surface area (Å²) in [5.41, 5.74) is 1.51. The molecule has 1 aliphatic rings. The molecule has 1 unspecified atom stereocenters. The van der Waals surface area contributed by atoms with Crippen LogP contribution in [-0.4, -0.2) is 6.54 Å². The largest absolute Gasteiger partial charge is 0.305 e. The van der Waals surface area contributed by atoms with Gasteiger partial charge in [-0.2, -0.15) is 0 Å². The molecule has 1 nitrogen and oxygen atoms in total. The predicted octanol–water partition coefficient (Wildman–Crippen LogP) is 3.62. The summed E-state index contributed by atoms with van der Waals surface area (Å²) in [6.45, 7) is 4.70. The monoisotopic (exact) mass is 271 g/mol. The van der Waals surface area contributed by atoms with Crippen molar-refractivity contribution in [2.75, 3.05) is 6.54 Å². The van der Waals surface area contributed by atoms with Crippen LogP contribution in [0, 0.1) is 0 Å². The van der Waals surface area contributed by atoms with Gasteiger partial charge in [0.15, 0.2) is 0 Å². The van der Waals surface area contributed by atoms with E-state index in [0.29, 0.717) is 6.04 Å². The second-order valence-electron chi connectivity index (χ2n) is 3.64. The van der Waals surface area contributed by atoms with E-state index in [0.717, 1.165) is 11.0 Å². The van der Waals surface area contributed by atoms with Crippen LogP contribution in [0.15, 0.2) is 22.5 Å². The fraction of sp³-hybridized carbons (Fsp3) is 0.455. The zero-order valence-corrected chi connectivity index (χ0v) is 10.5. The van der Waals surface area contributed by atoms with Gasteiger partial charge in [0, 0.05) is 21.9 Å². The van der Waals surface area contributed by atoms with E-state index in [1.54, 1.807) is 4.88 Å². The molecule has 1 atom stereocenters. The average Bonchev–Trinajstić information content (AvgIpc) is 2.62. The molecule has 0 amide bonds. The minimum absolute atomic E-state index is 0.541. The van der Waals surface area contributed by atoms with Crippen molar-refractivity contribution in [1.29, 1.82) is 0 Å². The number of aryl methyl sites for hydroxylation is 1. The molecule has 1 aromatic heterocycles. The Kier molecular flexibility index (Phi) is 3.42. The van der Waals surface area contributed by atoms with Crippen LogP contribution < -0.4 is 5.32 Å². The first-order chi connectivity index (χ1) is 6.77. The Balaban J connectivity index is 2.05. The molecule has 0 bridgehead atoms. The first kappa shape index (κ1) is 10.4. The lowest BCUT2D eigenvalue weighted by Crippen LogP contribution is -2.25. The van der Waals surface area contributed by atoms with Crippen molar-refractivity contribution in [3.8, 4) is 0 Å². The summed E-state index contributed by atoms with van der Waals surface area (Å²) in [4.78, 5) is 1.56. The third-order valence-corrected chi connectivity index (χ3v) is 3.87. The van der Waals surface area contributed by atoms with Gasteiger partial charge in [-0.25, -0.2) is 0 Å². The fourth-order valence-corrected chi connectivity index (χ4v) is 3.08. The van der Waals surface area contributed by atoms with Gasteiger partial charge in [0.2, 0.25) is 0 Å². The Labute approximate surface area is 97.3 Å². The molecule has 1 N–H and O–H groups in total. The van der Waals surface area contributed by atoms with Crippen molar-refractivity contribution in [3.05, 3.63) is 32.9 Å². The summed E-state index contributed by atoms with van der Waals surface area (Å²) in [5, 5.41) is 5.73. The molecule has 0 aromatic carbocycles. The number of rotatable bonds is 3. The lowest BCUT2D eigenvalue weighted by molar-refractivity contribution is 0.484. The van der Waals surface area contributed by atoms with E-state index in [9.17, 15) is 0 Å². The van der Waals surface area contributed by atoms with Gasteiger partial charge in [0.1, 0.15) is 0 Å². The van der Waals surface area contributed by atoms with Crippen molar-refractivity contribution >= 4 is 27.3 Å². The predicted molar refractivity (Wildman–Crippen MR) is 66.1 cm³/mol. The van der Waals surface area contributed by atoms with E-state index in [1.165, 1.54) is 24.8 Å². The van der Waals surface area contributed by atoms with E-state index in [-0.39, 0.29) is 0 Å². The molecular formula is C11H14BrNS. The van der Waals surface area contributed by atoms with Gasteiger partial charge in [-0.05, 0) is 36.3 Å². The molecule has 76 valence electrons. The minimum atomic E-state index is 0.541. The van der Waals surface area contributed by atoms with Gasteiger partial charge in [0.05, 0.1) is 0 Å². The molecule has 3 heteroatoms.